The second-order valence-corrected chi connectivity index (χ2v) is 8.67. The number of carbonyl (C=O) groups is 1. The van der Waals surface area contributed by atoms with Crippen molar-refractivity contribution in [2.24, 2.45) is 7.05 Å². The first-order chi connectivity index (χ1) is 12.3. The van der Waals surface area contributed by atoms with Gasteiger partial charge in [-0.15, -0.1) is 0 Å². The number of ether oxygens (including phenoxy) is 1. The zero-order valence-corrected chi connectivity index (χ0v) is 16.5. The first-order valence-electron chi connectivity index (χ1n) is 8.89. The molecule has 0 radical (unpaired) electrons. The number of rotatable bonds is 4. The van der Waals surface area contributed by atoms with Crippen molar-refractivity contribution in [2.45, 2.75) is 18.7 Å². The molecule has 1 aromatic rings. The van der Waals surface area contributed by atoms with Gasteiger partial charge in [0, 0.05) is 46.3 Å². The number of hydrogen-bond donors (Lipinski definition) is 0. The third kappa shape index (κ3) is 3.78. The summed E-state index contributed by atoms with van der Waals surface area (Å²) in [5.41, 5.74) is 1.14. The molecule has 26 heavy (non-hydrogen) atoms. The largest absolute Gasteiger partial charge is 0.379 e. The smallest absolute Gasteiger partial charge is 0.246 e. The first kappa shape index (κ1) is 19.3. The Bertz CT molecular complexity index is 762. The Kier molecular flexibility index (Phi) is 5.66. The molecule has 3 rings (SSSR count). The number of nitrogens with zero attached hydrogens (tertiary/aromatic N) is 5. The summed E-state index contributed by atoms with van der Waals surface area (Å²) in [6, 6.07) is 0. The second-order valence-electron chi connectivity index (χ2n) is 6.80. The highest BCUT2D eigenvalue weighted by Crippen LogP contribution is 2.24. The Labute approximate surface area is 154 Å². The fraction of sp³-hybridized carbons (Fsp3) is 0.750. The first-order valence-corrected chi connectivity index (χ1v) is 10.3. The van der Waals surface area contributed by atoms with Crippen LogP contribution in [0.3, 0.4) is 0 Å². The number of morpholine rings is 1. The van der Waals surface area contributed by atoms with Gasteiger partial charge in [-0.1, -0.05) is 0 Å². The SMILES string of the molecule is Cc1nn(C)c(C)c1S(=O)(=O)N1CCN(C(=O)CN2CCOCC2)CC1. The van der Waals surface area contributed by atoms with E-state index in [0.717, 1.165) is 13.1 Å². The van der Waals surface area contributed by atoms with E-state index >= 15 is 0 Å². The van der Waals surface area contributed by atoms with Gasteiger partial charge in [-0.2, -0.15) is 9.40 Å². The molecule has 0 bridgehead atoms. The summed E-state index contributed by atoms with van der Waals surface area (Å²) in [5, 5.41) is 4.21. The average Bonchev–Trinajstić information content (AvgIpc) is 2.88. The van der Waals surface area contributed by atoms with E-state index in [4.69, 9.17) is 4.74 Å². The molecule has 3 heterocycles. The molecule has 2 fully saturated rings. The summed E-state index contributed by atoms with van der Waals surface area (Å²) >= 11 is 0. The van der Waals surface area contributed by atoms with Crippen LogP contribution in [0, 0.1) is 13.8 Å². The lowest BCUT2D eigenvalue weighted by atomic mass is 10.3. The van der Waals surface area contributed by atoms with E-state index in [-0.39, 0.29) is 10.8 Å². The normalized spacial score (nSPS) is 20.5. The Hall–Kier alpha value is -1.49. The minimum atomic E-state index is -3.59. The van der Waals surface area contributed by atoms with Gasteiger partial charge in [0.05, 0.1) is 31.1 Å². The van der Waals surface area contributed by atoms with Gasteiger partial charge in [0.2, 0.25) is 15.9 Å². The van der Waals surface area contributed by atoms with Crippen molar-refractivity contribution >= 4 is 15.9 Å². The molecule has 2 aliphatic heterocycles. The predicted octanol–water partition coefficient (Wildman–Crippen LogP) is -0.798. The van der Waals surface area contributed by atoms with Gasteiger partial charge in [0.15, 0.2) is 0 Å². The van der Waals surface area contributed by atoms with Crippen LogP contribution in [0.25, 0.3) is 0 Å². The topological polar surface area (TPSA) is 88.0 Å². The Morgan fingerprint density at radius 3 is 2.23 bits per heavy atom. The number of piperazine rings is 1. The van der Waals surface area contributed by atoms with Crippen molar-refractivity contribution < 1.29 is 17.9 Å². The van der Waals surface area contributed by atoms with Gasteiger partial charge in [-0.25, -0.2) is 8.42 Å². The molecule has 0 aliphatic carbocycles. The highest BCUT2D eigenvalue weighted by molar-refractivity contribution is 7.89. The van der Waals surface area contributed by atoms with Crippen molar-refractivity contribution in [3.8, 4) is 0 Å². The average molecular weight is 385 g/mol. The predicted molar refractivity (Wildman–Crippen MR) is 95.3 cm³/mol. The van der Waals surface area contributed by atoms with Crippen LogP contribution in [0.5, 0.6) is 0 Å². The number of aryl methyl sites for hydroxylation is 2. The maximum absolute atomic E-state index is 13.0. The molecule has 0 N–H and O–H groups in total. The van der Waals surface area contributed by atoms with Crippen LogP contribution in [-0.4, -0.2) is 97.2 Å². The molecular formula is C16H27N5O4S. The lowest BCUT2D eigenvalue weighted by Gasteiger charge is -2.35. The second kappa shape index (κ2) is 7.63. The molecule has 1 aromatic heterocycles. The molecule has 0 spiro atoms. The third-order valence-corrected chi connectivity index (χ3v) is 7.25. The van der Waals surface area contributed by atoms with Crippen molar-refractivity contribution in [3.63, 3.8) is 0 Å². The van der Waals surface area contributed by atoms with E-state index in [0.29, 0.717) is 57.3 Å². The zero-order valence-electron chi connectivity index (χ0n) is 15.6. The van der Waals surface area contributed by atoms with Crippen molar-refractivity contribution in [3.05, 3.63) is 11.4 Å². The van der Waals surface area contributed by atoms with Crippen molar-refractivity contribution in [1.82, 2.24) is 23.9 Å². The highest BCUT2D eigenvalue weighted by Gasteiger charge is 2.34. The minimum Gasteiger partial charge on any atom is -0.379 e. The number of carbonyl (C=O) groups excluding carboxylic acids is 1. The van der Waals surface area contributed by atoms with Gasteiger partial charge in [-0.05, 0) is 13.8 Å². The van der Waals surface area contributed by atoms with Gasteiger partial charge in [-0.3, -0.25) is 14.4 Å². The molecule has 0 atom stereocenters. The quantitative estimate of drug-likeness (QED) is 0.675. The monoisotopic (exact) mass is 385 g/mol. The standard InChI is InChI=1S/C16H27N5O4S/c1-13-16(14(2)18(3)17-13)26(23,24)21-6-4-20(5-7-21)15(22)12-19-8-10-25-11-9-19/h4-12H2,1-3H3. The summed E-state index contributed by atoms with van der Waals surface area (Å²) in [7, 11) is -1.85. The van der Waals surface area contributed by atoms with Crippen molar-refractivity contribution in [2.75, 3.05) is 59.0 Å². The van der Waals surface area contributed by atoms with Crippen LogP contribution in [-0.2, 0) is 26.6 Å². The van der Waals surface area contributed by atoms with E-state index in [1.165, 1.54) is 4.31 Å². The van der Waals surface area contributed by atoms with Crippen LogP contribution in [0.1, 0.15) is 11.4 Å². The highest BCUT2D eigenvalue weighted by atomic mass is 32.2. The Morgan fingerprint density at radius 2 is 1.69 bits per heavy atom. The fourth-order valence-corrected chi connectivity index (χ4v) is 5.31. The number of aromatic nitrogens is 2. The van der Waals surface area contributed by atoms with Crippen LogP contribution < -0.4 is 0 Å². The van der Waals surface area contributed by atoms with Gasteiger partial charge < -0.3 is 9.64 Å². The van der Waals surface area contributed by atoms with E-state index in [1.807, 2.05) is 0 Å². The number of sulfonamides is 1. The van der Waals surface area contributed by atoms with E-state index < -0.39 is 10.0 Å². The van der Waals surface area contributed by atoms with Crippen LogP contribution in [0.15, 0.2) is 4.90 Å². The van der Waals surface area contributed by atoms with Gasteiger partial charge in [0.1, 0.15) is 4.90 Å². The summed E-state index contributed by atoms with van der Waals surface area (Å²) in [5.74, 6) is 0.0534. The Balaban J connectivity index is 1.61. The molecule has 2 saturated heterocycles. The van der Waals surface area contributed by atoms with E-state index in [9.17, 15) is 13.2 Å². The molecule has 146 valence electrons. The molecule has 0 aromatic carbocycles. The lowest BCUT2D eigenvalue weighted by Crippen LogP contribution is -2.53. The molecule has 9 nitrogen and oxygen atoms in total. The number of hydrogen-bond acceptors (Lipinski definition) is 6. The van der Waals surface area contributed by atoms with Crippen LogP contribution in [0.2, 0.25) is 0 Å². The lowest BCUT2D eigenvalue weighted by molar-refractivity contribution is -0.134. The van der Waals surface area contributed by atoms with Crippen LogP contribution >= 0.6 is 0 Å². The van der Waals surface area contributed by atoms with Crippen molar-refractivity contribution in [1.29, 1.82) is 0 Å². The summed E-state index contributed by atoms with van der Waals surface area (Å²) in [6.45, 7) is 8.14. The molecular weight excluding hydrogens is 358 g/mol. The number of amides is 1. The summed E-state index contributed by atoms with van der Waals surface area (Å²) < 4.78 is 34.3. The zero-order chi connectivity index (χ0) is 18.9. The summed E-state index contributed by atoms with van der Waals surface area (Å²) in [4.78, 5) is 16.6. The maximum atomic E-state index is 13.0. The fourth-order valence-electron chi connectivity index (χ4n) is 3.49. The van der Waals surface area contributed by atoms with Gasteiger partial charge in [0.25, 0.3) is 0 Å². The Morgan fingerprint density at radius 1 is 1.08 bits per heavy atom. The molecule has 10 heteroatoms. The summed E-state index contributed by atoms with van der Waals surface area (Å²) in [6.07, 6.45) is 0. The maximum Gasteiger partial charge on any atom is 0.246 e. The van der Waals surface area contributed by atoms with Crippen LogP contribution in [0.4, 0.5) is 0 Å². The van der Waals surface area contributed by atoms with E-state index in [2.05, 4.69) is 10.00 Å². The van der Waals surface area contributed by atoms with Gasteiger partial charge >= 0.3 is 0 Å². The molecule has 0 saturated carbocycles. The third-order valence-electron chi connectivity index (χ3n) is 5.09. The molecule has 0 unspecified atom stereocenters. The minimum absolute atomic E-state index is 0.0534. The molecule has 2 aliphatic rings. The molecule has 1 amide bonds. The van der Waals surface area contributed by atoms with E-state index in [1.54, 1.807) is 30.5 Å².